The van der Waals surface area contributed by atoms with Crippen molar-refractivity contribution in [2.75, 3.05) is 11.9 Å². The van der Waals surface area contributed by atoms with Crippen molar-refractivity contribution in [3.05, 3.63) is 42.1 Å². The Morgan fingerprint density at radius 3 is 2.94 bits per heavy atom. The molecule has 2 aromatic heterocycles. The number of rotatable bonds is 4. The van der Waals surface area contributed by atoms with Crippen LogP contribution in [0.15, 0.2) is 30.6 Å². The van der Waals surface area contributed by atoms with Crippen LogP contribution in [0.4, 0.5) is 5.82 Å². The number of nitrogens with one attached hydrogen (secondary N) is 1. The average molecular weight is 216 g/mol. The van der Waals surface area contributed by atoms with Crippen LogP contribution in [0.5, 0.6) is 0 Å². The van der Waals surface area contributed by atoms with E-state index >= 15 is 0 Å². The summed E-state index contributed by atoms with van der Waals surface area (Å²) in [4.78, 5) is 8.64. The molecule has 0 bridgehead atoms. The third kappa shape index (κ3) is 2.59. The first-order chi connectivity index (χ1) is 7.75. The second kappa shape index (κ2) is 4.79. The molecule has 0 aliphatic carbocycles. The van der Waals surface area contributed by atoms with Gasteiger partial charge in [0.2, 0.25) is 0 Å². The van der Waals surface area contributed by atoms with Gasteiger partial charge in [0, 0.05) is 38.1 Å². The fourth-order valence-corrected chi connectivity index (χ4v) is 1.58. The predicted molar refractivity (Wildman–Crippen MR) is 64.4 cm³/mol. The van der Waals surface area contributed by atoms with Gasteiger partial charge in [-0.25, -0.2) is 9.97 Å². The van der Waals surface area contributed by atoms with Crippen LogP contribution in [0, 0.1) is 6.92 Å². The number of aromatic nitrogens is 3. The first kappa shape index (κ1) is 10.7. The molecule has 4 nitrogen and oxygen atoms in total. The smallest absolute Gasteiger partial charge is 0.126 e. The van der Waals surface area contributed by atoms with Crippen molar-refractivity contribution in [1.82, 2.24) is 14.5 Å². The van der Waals surface area contributed by atoms with Crippen molar-refractivity contribution >= 4 is 5.82 Å². The SMILES string of the molecule is Cc1cccc(NCCc2nccn2C)n1. The van der Waals surface area contributed by atoms with Gasteiger partial charge >= 0.3 is 0 Å². The maximum absolute atomic E-state index is 4.38. The zero-order valence-corrected chi connectivity index (χ0v) is 9.64. The van der Waals surface area contributed by atoms with E-state index in [0.717, 1.165) is 30.3 Å². The first-order valence-corrected chi connectivity index (χ1v) is 5.39. The minimum atomic E-state index is 0.849. The summed E-state index contributed by atoms with van der Waals surface area (Å²) in [6.45, 7) is 2.84. The summed E-state index contributed by atoms with van der Waals surface area (Å²) in [7, 11) is 2.01. The molecular weight excluding hydrogens is 200 g/mol. The zero-order valence-electron chi connectivity index (χ0n) is 9.64. The van der Waals surface area contributed by atoms with E-state index in [9.17, 15) is 0 Å². The Labute approximate surface area is 95.4 Å². The topological polar surface area (TPSA) is 42.7 Å². The van der Waals surface area contributed by atoms with Crippen molar-refractivity contribution < 1.29 is 0 Å². The van der Waals surface area contributed by atoms with Crippen molar-refractivity contribution in [3.63, 3.8) is 0 Å². The lowest BCUT2D eigenvalue weighted by molar-refractivity contribution is 0.788. The minimum absolute atomic E-state index is 0.849. The van der Waals surface area contributed by atoms with Gasteiger partial charge in [-0.15, -0.1) is 0 Å². The number of nitrogens with zero attached hydrogens (tertiary/aromatic N) is 3. The normalized spacial score (nSPS) is 10.4. The lowest BCUT2D eigenvalue weighted by Crippen LogP contribution is -2.09. The highest BCUT2D eigenvalue weighted by atomic mass is 15.0. The molecule has 0 fully saturated rings. The number of hydrogen-bond donors (Lipinski definition) is 1. The molecule has 0 atom stereocenters. The zero-order chi connectivity index (χ0) is 11.4. The summed E-state index contributed by atoms with van der Waals surface area (Å²) in [6.07, 6.45) is 4.68. The van der Waals surface area contributed by atoms with Gasteiger partial charge in [-0.2, -0.15) is 0 Å². The van der Waals surface area contributed by atoms with Gasteiger partial charge in [0.25, 0.3) is 0 Å². The van der Waals surface area contributed by atoms with E-state index in [2.05, 4.69) is 15.3 Å². The van der Waals surface area contributed by atoms with E-state index in [0.29, 0.717) is 0 Å². The second-order valence-electron chi connectivity index (χ2n) is 3.80. The van der Waals surface area contributed by atoms with Gasteiger partial charge in [0.1, 0.15) is 11.6 Å². The van der Waals surface area contributed by atoms with Gasteiger partial charge < -0.3 is 9.88 Å². The number of pyridine rings is 1. The molecule has 2 aromatic rings. The lowest BCUT2D eigenvalue weighted by atomic mass is 10.3. The van der Waals surface area contributed by atoms with E-state index in [1.54, 1.807) is 0 Å². The summed E-state index contributed by atoms with van der Waals surface area (Å²) in [5.41, 5.74) is 1.03. The molecule has 0 radical (unpaired) electrons. The summed E-state index contributed by atoms with van der Waals surface area (Å²) in [5, 5.41) is 3.29. The fourth-order valence-electron chi connectivity index (χ4n) is 1.58. The van der Waals surface area contributed by atoms with Crippen LogP contribution >= 0.6 is 0 Å². The quantitative estimate of drug-likeness (QED) is 0.847. The molecular formula is C12H16N4. The minimum Gasteiger partial charge on any atom is -0.370 e. The van der Waals surface area contributed by atoms with Crippen LogP contribution in [-0.2, 0) is 13.5 Å². The molecule has 0 amide bonds. The summed E-state index contributed by atoms with van der Waals surface area (Å²) >= 11 is 0. The molecule has 0 saturated heterocycles. The van der Waals surface area contributed by atoms with Crippen LogP contribution in [0.3, 0.4) is 0 Å². The van der Waals surface area contributed by atoms with E-state index in [1.807, 2.05) is 49.1 Å². The number of anilines is 1. The van der Waals surface area contributed by atoms with Gasteiger partial charge in [-0.3, -0.25) is 0 Å². The molecule has 0 saturated carbocycles. The molecule has 1 N–H and O–H groups in total. The molecule has 84 valence electrons. The van der Waals surface area contributed by atoms with Crippen molar-refractivity contribution in [1.29, 1.82) is 0 Å². The Hall–Kier alpha value is -1.84. The van der Waals surface area contributed by atoms with Crippen LogP contribution in [0.2, 0.25) is 0 Å². The monoisotopic (exact) mass is 216 g/mol. The molecule has 2 heterocycles. The maximum Gasteiger partial charge on any atom is 0.126 e. The molecule has 2 rings (SSSR count). The second-order valence-corrected chi connectivity index (χ2v) is 3.80. The Morgan fingerprint density at radius 1 is 1.38 bits per heavy atom. The Balaban J connectivity index is 1.87. The molecule has 0 aliphatic heterocycles. The lowest BCUT2D eigenvalue weighted by Gasteiger charge is -2.06. The predicted octanol–water partition coefficient (Wildman–Crippen LogP) is 1.78. The maximum atomic E-state index is 4.38. The molecule has 4 heteroatoms. The van der Waals surface area contributed by atoms with Crippen molar-refractivity contribution in [2.24, 2.45) is 7.05 Å². The number of hydrogen-bond acceptors (Lipinski definition) is 3. The number of imidazole rings is 1. The van der Waals surface area contributed by atoms with E-state index in [1.165, 1.54) is 0 Å². The first-order valence-electron chi connectivity index (χ1n) is 5.39. The molecule has 0 aromatic carbocycles. The summed E-state index contributed by atoms with van der Waals surface area (Å²) in [5.74, 6) is 2.01. The highest BCUT2D eigenvalue weighted by Crippen LogP contribution is 2.04. The van der Waals surface area contributed by atoms with Crippen molar-refractivity contribution in [3.8, 4) is 0 Å². The highest BCUT2D eigenvalue weighted by molar-refractivity contribution is 5.34. The third-order valence-electron chi connectivity index (χ3n) is 2.46. The van der Waals surface area contributed by atoms with Crippen LogP contribution < -0.4 is 5.32 Å². The van der Waals surface area contributed by atoms with E-state index < -0.39 is 0 Å². The number of aryl methyl sites for hydroxylation is 2. The fraction of sp³-hybridized carbons (Fsp3) is 0.333. The van der Waals surface area contributed by atoms with E-state index in [-0.39, 0.29) is 0 Å². The molecule has 0 aliphatic rings. The average Bonchev–Trinajstić information content (AvgIpc) is 2.65. The molecule has 16 heavy (non-hydrogen) atoms. The van der Waals surface area contributed by atoms with Crippen molar-refractivity contribution in [2.45, 2.75) is 13.3 Å². The third-order valence-corrected chi connectivity index (χ3v) is 2.46. The van der Waals surface area contributed by atoms with Gasteiger partial charge in [-0.1, -0.05) is 6.07 Å². The van der Waals surface area contributed by atoms with Gasteiger partial charge in [0.15, 0.2) is 0 Å². The molecule has 0 spiro atoms. The Bertz CT molecular complexity index is 462. The summed E-state index contributed by atoms with van der Waals surface area (Å²) < 4.78 is 2.03. The van der Waals surface area contributed by atoms with Crippen LogP contribution in [-0.4, -0.2) is 21.1 Å². The van der Waals surface area contributed by atoms with Gasteiger partial charge in [-0.05, 0) is 19.1 Å². The van der Waals surface area contributed by atoms with Crippen LogP contribution in [0.1, 0.15) is 11.5 Å². The Morgan fingerprint density at radius 2 is 2.25 bits per heavy atom. The van der Waals surface area contributed by atoms with Crippen LogP contribution in [0.25, 0.3) is 0 Å². The largest absolute Gasteiger partial charge is 0.370 e. The highest BCUT2D eigenvalue weighted by Gasteiger charge is 1.99. The Kier molecular flexibility index (Phi) is 3.19. The standard InChI is InChI=1S/C12H16N4/c1-10-4-3-5-11(15-10)13-7-6-12-14-8-9-16(12)2/h3-5,8-9H,6-7H2,1-2H3,(H,13,15). The summed E-state index contributed by atoms with van der Waals surface area (Å²) in [6, 6.07) is 5.97. The van der Waals surface area contributed by atoms with E-state index in [4.69, 9.17) is 0 Å². The van der Waals surface area contributed by atoms with Gasteiger partial charge in [0.05, 0.1) is 0 Å². The molecule has 0 unspecified atom stereocenters.